The van der Waals surface area contributed by atoms with Crippen molar-refractivity contribution in [3.63, 3.8) is 0 Å². The standard InChI is InChI=1S/C17H20ClN5O2/c1-12(24)20-16-13(17(25)22-9-7-21(2)8-10-22)11-19-23(16)15-6-4-3-5-14(15)18/h3-6,11H,7-10H2,1-2H3,(H,20,24). The van der Waals surface area contributed by atoms with E-state index < -0.39 is 0 Å². The highest BCUT2D eigenvalue weighted by Gasteiger charge is 2.26. The van der Waals surface area contributed by atoms with Gasteiger partial charge in [-0.1, -0.05) is 23.7 Å². The van der Waals surface area contributed by atoms with Gasteiger partial charge in [0.2, 0.25) is 5.91 Å². The molecular weight excluding hydrogens is 342 g/mol. The molecule has 8 heteroatoms. The van der Waals surface area contributed by atoms with Crippen molar-refractivity contribution in [3.8, 4) is 5.69 Å². The molecular formula is C17H20ClN5O2. The quantitative estimate of drug-likeness (QED) is 0.906. The van der Waals surface area contributed by atoms with Gasteiger partial charge in [0.05, 0.1) is 16.9 Å². The summed E-state index contributed by atoms with van der Waals surface area (Å²) in [6.45, 7) is 4.33. The van der Waals surface area contributed by atoms with Crippen LogP contribution in [0.3, 0.4) is 0 Å². The predicted molar refractivity (Wildman–Crippen MR) is 96.3 cm³/mol. The highest BCUT2D eigenvalue weighted by molar-refractivity contribution is 6.32. The number of para-hydroxylation sites is 1. The number of aromatic nitrogens is 2. The SMILES string of the molecule is CC(=O)Nc1c(C(=O)N2CCN(C)CC2)cnn1-c1ccccc1Cl. The first-order valence-corrected chi connectivity index (χ1v) is 8.43. The lowest BCUT2D eigenvalue weighted by Crippen LogP contribution is -2.47. The number of hydrogen-bond donors (Lipinski definition) is 1. The van der Waals surface area contributed by atoms with Gasteiger partial charge in [0.1, 0.15) is 11.4 Å². The largest absolute Gasteiger partial charge is 0.336 e. The van der Waals surface area contributed by atoms with Crippen molar-refractivity contribution in [2.75, 3.05) is 38.5 Å². The van der Waals surface area contributed by atoms with E-state index in [1.54, 1.807) is 17.0 Å². The molecule has 0 saturated carbocycles. The summed E-state index contributed by atoms with van der Waals surface area (Å²) >= 11 is 6.25. The van der Waals surface area contributed by atoms with Crippen LogP contribution in [0.4, 0.5) is 5.82 Å². The van der Waals surface area contributed by atoms with Crippen molar-refractivity contribution in [1.82, 2.24) is 19.6 Å². The first-order valence-electron chi connectivity index (χ1n) is 8.05. The number of nitrogens with one attached hydrogen (secondary N) is 1. The first-order chi connectivity index (χ1) is 12.0. The van der Waals surface area contributed by atoms with E-state index in [-0.39, 0.29) is 11.8 Å². The van der Waals surface area contributed by atoms with Crippen molar-refractivity contribution in [2.24, 2.45) is 0 Å². The van der Waals surface area contributed by atoms with Crippen LogP contribution in [-0.2, 0) is 4.79 Å². The molecule has 0 radical (unpaired) electrons. The molecule has 25 heavy (non-hydrogen) atoms. The molecule has 2 heterocycles. The third-order valence-corrected chi connectivity index (χ3v) is 4.48. The van der Waals surface area contributed by atoms with E-state index in [0.717, 1.165) is 13.1 Å². The number of carbonyl (C=O) groups excluding carboxylic acids is 2. The predicted octanol–water partition coefficient (Wildman–Crippen LogP) is 1.87. The monoisotopic (exact) mass is 361 g/mol. The summed E-state index contributed by atoms with van der Waals surface area (Å²) in [7, 11) is 2.03. The molecule has 1 N–H and O–H groups in total. The Kier molecular flexibility index (Phi) is 5.06. The Hall–Kier alpha value is -2.38. The highest BCUT2D eigenvalue weighted by Crippen LogP contribution is 2.26. The molecule has 1 aromatic carbocycles. The van der Waals surface area contributed by atoms with Gasteiger partial charge in [-0.05, 0) is 19.2 Å². The molecule has 2 aromatic rings. The van der Waals surface area contributed by atoms with Gasteiger partial charge in [-0.15, -0.1) is 0 Å². The molecule has 1 saturated heterocycles. The summed E-state index contributed by atoms with van der Waals surface area (Å²) < 4.78 is 1.49. The topological polar surface area (TPSA) is 70.5 Å². The summed E-state index contributed by atoms with van der Waals surface area (Å²) in [4.78, 5) is 28.5. The molecule has 0 atom stereocenters. The molecule has 7 nitrogen and oxygen atoms in total. The molecule has 0 bridgehead atoms. The Balaban J connectivity index is 1.98. The van der Waals surface area contributed by atoms with Crippen molar-refractivity contribution < 1.29 is 9.59 Å². The van der Waals surface area contributed by atoms with Crippen LogP contribution in [0, 0.1) is 0 Å². The minimum Gasteiger partial charge on any atom is -0.336 e. The fourth-order valence-corrected chi connectivity index (χ4v) is 2.99. The smallest absolute Gasteiger partial charge is 0.259 e. The lowest BCUT2D eigenvalue weighted by atomic mass is 10.2. The number of nitrogens with zero attached hydrogens (tertiary/aromatic N) is 4. The maximum absolute atomic E-state index is 12.9. The van der Waals surface area contributed by atoms with E-state index >= 15 is 0 Å². The van der Waals surface area contributed by atoms with Crippen LogP contribution in [0.2, 0.25) is 5.02 Å². The van der Waals surface area contributed by atoms with Crippen molar-refractivity contribution in [1.29, 1.82) is 0 Å². The zero-order valence-electron chi connectivity index (χ0n) is 14.2. The molecule has 0 spiro atoms. The number of hydrogen-bond acceptors (Lipinski definition) is 4. The molecule has 0 unspecified atom stereocenters. The number of anilines is 1. The maximum atomic E-state index is 12.9. The zero-order chi connectivity index (χ0) is 18.0. The second-order valence-electron chi connectivity index (χ2n) is 6.05. The molecule has 0 aliphatic carbocycles. The fraction of sp³-hybridized carbons (Fsp3) is 0.353. The van der Waals surface area contributed by atoms with E-state index in [4.69, 9.17) is 11.6 Å². The summed E-state index contributed by atoms with van der Waals surface area (Å²) in [5.74, 6) is -0.0825. The van der Waals surface area contributed by atoms with Crippen LogP contribution < -0.4 is 5.32 Å². The van der Waals surface area contributed by atoms with E-state index in [2.05, 4.69) is 15.3 Å². The second-order valence-corrected chi connectivity index (χ2v) is 6.45. The molecule has 2 amide bonds. The van der Waals surface area contributed by atoms with Crippen molar-refractivity contribution in [3.05, 3.63) is 41.0 Å². The Morgan fingerprint density at radius 2 is 1.84 bits per heavy atom. The second kappa shape index (κ2) is 7.25. The molecule has 3 rings (SSSR count). The molecule has 1 aromatic heterocycles. The Bertz CT molecular complexity index is 796. The van der Waals surface area contributed by atoms with Crippen LogP contribution >= 0.6 is 11.6 Å². The summed E-state index contributed by atoms with van der Waals surface area (Å²) in [5, 5.41) is 7.49. The number of likely N-dealkylation sites (N-methyl/N-ethyl adjacent to an activating group) is 1. The van der Waals surface area contributed by atoms with Crippen LogP contribution in [0.1, 0.15) is 17.3 Å². The third kappa shape index (κ3) is 3.67. The zero-order valence-corrected chi connectivity index (χ0v) is 15.0. The average molecular weight is 362 g/mol. The number of amides is 2. The van der Waals surface area contributed by atoms with Gasteiger partial charge in [-0.2, -0.15) is 5.10 Å². The average Bonchev–Trinajstić information content (AvgIpc) is 2.98. The number of carbonyl (C=O) groups is 2. The normalized spacial score (nSPS) is 15.2. The van der Waals surface area contributed by atoms with E-state index in [9.17, 15) is 9.59 Å². The van der Waals surface area contributed by atoms with Gasteiger partial charge in [-0.25, -0.2) is 4.68 Å². The number of rotatable bonds is 3. The number of benzene rings is 1. The highest BCUT2D eigenvalue weighted by atomic mass is 35.5. The van der Waals surface area contributed by atoms with Crippen LogP contribution in [0.25, 0.3) is 5.69 Å². The summed E-state index contributed by atoms with van der Waals surface area (Å²) in [6.07, 6.45) is 1.48. The maximum Gasteiger partial charge on any atom is 0.259 e. The van der Waals surface area contributed by atoms with Gasteiger partial charge >= 0.3 is 0 Å². The minimum atomic E-state index is -0.277. The lowest BCUT2D eigenvalue weighted by Gasteiger charge is -2.32. The van der Waals surface area contributed by atoms with Gasteiger partial charge in [0.25, 0.3) is 5.91 Å². The molecule has 132 valence electrons. The number of halogens is 1. The summed E-state index contributed by atoms with van der Waals surface area (Å²) in [6, 6.07) is 7.15. The number of piperazine rings is 1. The lowest BCUT2D eigenvalue weighted by molar-refractivity contribution is -0.114. The van der Waals surface area contributed by atoms with Gasteiger partial charge in [0.15, 0.2) is 0 Å². The van der Waals surface area contributed by atoms with Crippen molar-refractivity contribution in [2.45, 2.75) is 6.92 Å². The van der Waals surface area contributed by atoms with Crippen LogP contribution in [0.5, 0.6) is 0 Å². The minimum absolute atomic E-state index is 0.143. The van der Waals surface area contributed by atoms with E-state index in [0.29, 0.717) is 35.2 Å². The van der Waals surface area contributed by atoms with E-state index in [1.165, 1.54) is 17.8 Å². The Morgan fingerprint density at radius 1 is 1.16 bits per heavy atom. The van der Waals surface area contributed by atoms with Gasteiger partial charge in [-0.3, -0.25) is 9.59 Å². The molecule has 1 aliphatic rings. The molecule has 1 aliphatic heterocycles. The van der Waals surface area contributed by atoms with Gasteiger partial charge < -0.3 is 15.1 Å². The van der Waals surface area contributed by atoms with Crippen LogP contribution in [0.15, 0.2) is 30.5 Å². The fourth-order valence-electron chi connectivity index (χ4n) is 2.78. The van der Waals surface area contributed by atoms with Crippen molar-refractivity contribution >= 4 is 29.2 Å². The Labute approximate surface area is 151 Å². The van der Waals surface area contributed by atoms with Gasteiger partial charge in [0, 0.05) is 33.1 Å². The molecule has 1 fully saturated rings. The van der Waals surface area contributed by atoms with Crippen LogP contribution in [-0.4, -0.2) is 64.6 Å². The Morgan fingerprint density at radius 3 is 2.48 bits per heavy atom. The first kappa shape index (κ1) is 17.4. The summed E-state index contributed by atoms with van der Waals surface area (Å²) in [5.41, 5.74) is 0.963. The third-order valence-electron chi connectivity index (χ3n) is 4.17. The van der Waals surface area contributed by atoms with E-state index in [1.807, 2.05) is 19.2 Å².